The maximum Gasteiger partial charge on any atom is 0.255 e. The van der Waals surface area contributed by atoms with E-state index in [1.54, 1.807) is 18.2 Å². The summed E-state index contributed by atoms with van der Waals surface area (Å²) in [5.74, 6) is -0.870. The summed E-state index contributed by atoms with van der Waals surface area (Å²) in [6.45, 7) is 0. The molecule has 0 aromatic heterocycles. The molecule has 0 bridgehead atoms. The highest BCUT2D eigenvalue weighted by Crippen LogP contribution is 2.20. The molecule has 0 saturated carbocycles. The van der Waals surface area contributed by atoms with E-state index in [9.17, 15) is 9.59 Å². The molecule has 0 fully saturated rings. The number of anilines is 1. The summed E-state index contributed by atoms with van der Waals surface area (Å²) in [6.07, 6.45) is 0. The van der Waals surface area contributed by atoms with Gasteiger partial charge in [-0.25, -0.2) is 0 Å². The molecule has 0 unspecified atom stereocenters. The topological polar surface area (TPSA) is 72.2 Å². The van der Waals surface area contributed by atoms with Crippen LogP contribution in [0.2, 0.25) is 10.0 Å². The number of nitrogens with two attached hydrogens (primary N) is 1. The molecule has 2 aromatic rings. The van der Waals surface area contributed by atoms with Crippen LogP contribution in [0.5, 0.6) is 0 Å². The van der Waals surface area contributed by atoms with E-state index in [1.165, 1.54) is 24.3 Å². The molecule has 102 valence electrons. The number of primary amides is 1. The van der Waals surface area contributed by atoms with E-state index < -0.39 is 5.91 Å². The summed E-state index contributed by atoms with van der Waals surface area (Å²) in [4.78, 5) is 23.0. The molecule has 4 nitrogen and oxygen atoms in total. The minimum Gasteiger partial charge on any atom is -0.366 e. The third-order valence-electron chi connectivity index (χ3n) is 2.55. The molecule has 2 amide bonds. The molecule has 2 rings (SSSR count). The summed E-state index contributed by atoms with van der Waals surface area (Å²) >= 11 is 11.7. The molecular formula is C14H10Cl2N2O2. The van der Waals surface area contributed by atoms with Gasteiger partial charge in [0.2, 0.25) is 5.91 Å². The number of hydrogen-bond donors (Lipinski definition) is 2. The van der Waals surface area contributed by atoms with Gasteiger partial charge < -0.3 is 11.1 Å². The molecule has 3 N–H and O–H groups in total. The third-order valence-corrected chi connectivity index (χ3v) is 2.99. The number of carbonyl (C=O) groups excluding carboxylic acids is 2. The minimum absolute atomic E-state index is 0.346. The summed E-state index contributed by atoms with van der Waals surface area (Å²) < 4.78 is 0. The maximum atomic E-state index is 12.0. The molecule has 2 aromatic carbocycles. The normalized spacial score (nSPS) is 10.1. The van der Waals surface area contributed by atoms with Gasteiger partial charge in [0.05, 0.1) is 0 Å². The van der Waals surface area contributed by atoms with Crippen molar-refractivity contribution in [3.8, 4) is 0 Å². The fraction of sp³-hybridized carbons (Fsp3) is 0. The van der Waals surface area contributed by atoms with Crippen LogP contribution in [0.15, 0.2) is 42.5 Å². The number of benzene rings is 2. The molecule has 0 aliphatic carbocycles. The lowest BCUT2D eigenvalue weighted by Gasteiger charge is -2.06. The second-order valence-corrected chi connectivity index (χ2v) is 4.93. The first-order valence-corrected chi connectivity index (χ1v) is 6.38. The first-order chi connectivity index (χ1) is 9.45. The first-order valence-electron chi connectivity index (χ1n) is 5.63. The molecule has 6 heteroatoms. The van der Waals surface area contributed by atoms with Crippen molar-refractivity contribution in [1.29, 1.82) is 0 Å². The second-order valence-electron chi connectivity index (χ2n) is 4.05. The Morgan fingerprint density at radius 3 is 1.95 bits per heavy atom. The van der Waals surface area contributed by atoms with Crippen molar-refractivity contribution in [3.63, 3.8) is 0 Å². The average molecular weight is 309 g/mol. The second kappa shape index (κ2) is 5.94. The van der Waals surface area contributed by atoms with Gasteiger partial charge in [-0.1, -0.05) is 23.2 Å². The van der Waals surface area contributed by atoms with Gasteiger partial charge in [0.15, 0.2) is 0 Å². The highest BCUT2D eigenvalue weighted by molar-refractivity contribution is 6.35. The molecule has 0 heterocycles. The van der Waals surface area contributed by atoms with E-state index in [1.807, 2.05) is 0 Å². The summed E-state index contributed by atoms with van der Waals surface area (Å²) in [5, 5.41) is 3.43. The van der Waals surface area contributed by atoms with Crippen molar-refractivity contribution in [2.45, 2.75) is 0 Å². The van der Waals surface area contributed by atoms with Crippen molar-refractivity contribution < 1.29 is 9.59 Å². The number of rotatable bonds is 3. The lowest BCUT2D eigenvalue weighted by Crippen LogP contribution is -2.13. The SMILES string of the molecule is NC(=O)c1ccc(NC(=O)c2cc(Cl)cc(Cl)c2)cc1. The fourth-order valence-corrected chi connectivity index (χ4v) is 2.13. The monoisotopic (exact) mass is 308 g/mol. The third kappa shape index (κ3) is 3.50. The van der Waals surface area contributed by atoms with E-state index >= 15 is 0 Å². The van der Waals surface area contributed by atoms with Crippen LogP contribution in [0, 0.1) is 0 Å². The van der Waals surface area contributed by atoms with Gasteiger partial charge >= 0.3 is 0 Å². The molecule has 20 heavy (non-hydrogen) atoms. The van der Waals surface area contributed by atoms with Gasteiger partial charge in [0, 0.05) is 26.9 Å². The van der Waals surface area contributed by atoms with Crippen molar-refractivity contribution in [2.75, 3.05) is 5.32 Å². The Balaban J connectivity index is 2.16. The Bertz CT molecular complexity index is 649. The Hall–Kier alpha value is -2.04. The number of nitrogens with one attached hydrogen (secondary N) is 1. The zero-order chi connectivity index (χ0) is 14.7. The van der Waals surface area contributed by atoms with Crippen LogP contribution in [0.4, 0.5) is 5.69 Å². The number of hydrogen-bond acceptors (Lipinski definition) is 2. The standard InChI is InChI=1S/C14H10Cl2N2O2/c15-10-5-9(6-11(16)7-10)14(20)18-12-3-1-8(2-4-12)13(17)19/h1-7H,(H2,17,19)(H,18,20). The van der Waals surface area contributed by atoms with Crippen molar-refractivity contribution >= 4 is 40.7 Å². The Morgan fingerprint density at radius 1 is 0.900 bits per heavy atom. The lowest BCUT2D eigenvalue weighted by atomic mass is 10.1. The zero-order valence-corrected chi connectivity index (χ0v) is 11.7. The number of carbonyl (C=O) groups is 2. The van der Waals surface area contributed by atoms with Gasteiger partial charge in [-0.2, -0.15) is 0 Å². The van der Waals surface area contributed by atoms with Gasteiger partial charge in [0.25, 0.3) is 5.91 Å². The predicted octanol–water partition coefficient (Wildman–Crippen LogP) is 3.34. The summed E-state index contributed by atoms with van der Waals surface area (Å²) in [6, 6.07) is 10.8. The van der Waals surface area contributed by atoms with Crippen LogP contribution >= 0.6 is 23.2 Å². The molecule has 0 radical (unpaired) electrons. The van der Waals surface area contributed by atoms with Gasteiger partial charge in [-0.3, -0.25) is 9.59 Å². The first kappa shape index (κ1) is 14.4. The molecule has 0 atom stereocenters. The smallest absolute Gasteiger partial charge is 0.255 e. The molecular weight excluding hydrogens is 299 g/mol. The van der Waals surface area contributed by atoms with Crippen LogP contribution in [0.1, 0.15) is 20.7 Å². The van der Waals surface area contributed by atoms with Crippen LogP contribution in [-0.2, 0) is 0 Å². The van der Waals surface area contributed by atoms with Crippen LogP contribution in [0.25, 0.3) is 0 Å². The predicted molar refractivity (Wildman–Crippen MR) is 79.4 cm³/mol. The highest BCUT2D eigenvalue weighted by Gasteiger charge is 2.09. The Kier molecular flexibility index (Phi) is 4.27. The molecule has 0 aliphatic rings. The van der Waals surface area contributed by atoms with Gasteiger partial charge in [-0.15, -0.1) is 0 Å². The van der Waals surface area contributed by atoms with E-state index in [2.05, 4.69) is 5.32 Å². The van der Waals surface area contributed by atoms with E-state index in [0.29, 0.717) is 26.9 Å². The van der Waals surface area contributed by atoms with Gasteiger partial charge in [0.1, 0.15) is 0 Å². The quantitative estimate of drug-likeness (QED) is 0.912. The van der Waals surface area contributed by atoms with E-state index in [0.717, 1.165) is 0 Å². The Morgan fingerprint density at radius 2 is 1.45 bits per heavy atom. The maximum absolute atomic E-state index is 12.0. The van der Waals surface area contributed by atoms with Crippen LogP contribution < -0.4 is 11.1 Å². The highest BCUT2D eigenvalue weighted by atomic mass is 35.5. The van der Waals surface area contributed by atoms with Crippen molar-refractivity contribution in [1.82, 2.24) is 0 Å². The summed E-state index contributed by atoms with van der Waals surface area (Å²) in [7, 11) is 0. The van der Waals surface area contributed by atoms with E-state index in [-0.39, 0.29) is 5.91 Å². The lowest BCUT2D eigenvalue weighted by molar-refractivity contribution is 0.0998. The largest absolute Gasteiger partial charge is 0.366 e. The molecule has 0 saturated heterocycles. The van der Waals surface area contributed by atoms with Crippen molar-refractivity contribution in [2.24, 2.45) is 5.73 Å². The average Bonchev–Trinajstić information content (AvgIpc) is 2.38. The summed E-state index contributed by atoms with van der Waals surface area (Å²) in [5.41, 5.74) is 6.39. The van der Waals surface area contributed by atoms with Crippen LogP contribution in [-0.4, -0.2) is 11.8 Å². The number of amides is 2. The van der Waals surface area contributed by atoms with Crippen LogP contribution in [0.3, 0.4) is 0 Å². The molecule has 0 aliphatic heterocycles. The fourth-order valence-electron chi connectivity index (χ4n) is 1.61. The minimum atomic E-state index is -0.524. The van der Waals surface area contributed by atoms with E-state index in [4.69, 9.17) is 28.9 Å². The molecule has 0 spiro atoms. The van der Waals surface area contributed by atoms with Crippen molar-refractivity contribution in [3.05, 3.63) is 63.6 Å². The van der Waals surface area contributed by atoms with Gasteiger partial charge in [-0.05, 0) is 42.5 Å². The Labute approximate surface area is 125 Å². The zero-order valence-electron chi connectivity index (χ0n) is 10.2. The number of halogens is 2.